The second kappa shape index (κ2) is 6.15. The van der Waals surface area contributed by atoms with Crippen LogP contribution in [0.3, 0.4) is 0 Å². The van der Waals surface area contributed by atoms with Gasteiger partial charge in [-0.2, -0.15) is 0 Å². The van der Waals surface area contributed by atoms with Crippen molar-refractivity contribution in [1.29, 1.82) is 0 Å². The number of halogens is 2. The maximum atomic E-state index is 13.8. The molecular weight excluding hydrogens is 327 g/mol. The standard InChI is InChI=1S/C13H14BrFN4O/c1-7(2)11-12(19-16)17-6-18-13(11)20-10-4-3-8(14)5-9(10)15/h3-7H,16H2,1-2H3,(H,17,18,19). The molecule has 1 aromatic heterocycles. The van der Waals surface area contributed by atoms with E-state index in [0.29, 0.717) is 15.9 Å². The summed E-state index contributed by atoms with van der Waals surface area (Å²) in [4.78, 5) is 8.09. The Bertz CT molecular complexity index is 621. The molecule has 3 N–H and O–H groups in total. The lowest BCUT2D eigenvalue weighted by atomic mass is 10.1. The predicted molar refractivity (Wildman–Crippen MR) is 78.1 cm³/mol. The molecule has 20 heavy (non-hydrogen) atoms. The van der Waals surface area contributed by atoms with Crippen molar-refractivity contribution in [3.63, 3.8) is 0 Å². The topological polar surface area (TPSA) is 73.1 Å². The van der Waals surface area contributed by atoms with E-state index in [1.165, 1.54) is 18.5 Å². The van der Waals surface area contributed by atoms with Gasteiger partial charge in [0.05, 0.1) is 5.56 Å². The molecule has 0 aliphatic carbocycles. The van der Waals surface area contributed by atoms with E-state index >= 15 is 0 Å². The zero-order chi connectivity index (χ0) is 14.7. The number of anilines is 1. The van der Waals surface area contributed by atoms with Crippen LogP contribution in [-0.4, -0.2) is 9.97 Å². The summed E-state index contributed by atoms with van der Waals surface area (Å²) in [6, 6.07) is 4.55. The van der Waals surface area contributed by atoms with Crippen molar-refractivity contribution in [3.05, 3.63) is 40.4 Å². The van der Waals surface area contributed by atoms with E-state index in [9.17, 15) is 4.39 Å². The van der Waals surface area contributed by atoms with Gasteiger partial charge >= 0.3 is 0 Å². The summed E-state index contributed by atoms with van der Waals surface area (Å²) in [5.74, 6) is 5.85. The lowest BCUT2D eigenvalue weighted by Crippen LogP contribution is -2.13. The van der Waals surface area contributed by atoms with Crippen molar-refractivity contribution in [2.45, 2.75) is 19.8 Å². The van der Waals surface area contributed by atoms with Gasteiger partial charge in [-0.1, -0.05) is 29.8 Å². The number of nitrogens with zero attached hydrogens (tertiary/aromatic N) is 2. The van der Waals surface area contributed by atoms with Gasteiger partial charge in [0, 0.05) is 4.47 Å². The molecule has 1 heterocycles. The Morgan fingerprint density at radius 2 is 2.10 bits per heavy atom. The Kier molecular flexibility index (Phi) is 4.51. The van der Waals surface area contributed by atoms with E-state index in [2.05, 4.69) is 31.3 Å². The summed E-state index contributed by atoms with van der Waals surface area (Å²) in [5.41, 5.74) is 3.19. The SMILES string of the molecule is CC(C)c1c(NN)ncnc1Oc1ccc(Br)cc1F. The molecule has 0 saturated heterocycles. The van der Waals surface area contributed by atoms with Gasteiger partial charge in [0.2, 0.25) is 5.88 Å². The molecule has 0 unspecified atom stereocenters. The second-order valence-electron chi connectivity index (χ2n) is 4.42. The van der Waals surface area contributed by atoms with E-state index in [-0.39, 0.29) is 17.5 Å². The third kappa shape index (κ3) is 3.05. The average Bonchev–Trinajstić information content (AvgIpc) is 2.41. The van der Waals surface area contributed by atoms with Gasteiger partial charge in [0.1, 0.15) is 6.33 Å². The van der Waals surface area contributed by atoms with E-state index in [4.69, 9.17) is 10.6 Å². The van der Waals surface area contributed by atoms with Crippen molar-refractivity contribution in [1.82, 2.24) is 9.97 Å². The fourth-order valence-corrected chi connectivity index (χ4v) is 2.09. The predicted octanol–water partition coefficient (Wildman–Crippen LogP) is 3.58. The smallest absolute Gasteiger partial charge is 0.228 e. The monoisotopic (exact) mass is 340 g/mol. The van der Waals surface area contributed by atoms with Gasteiger partial charge in [0.15, 0.2) is 17.4 Å². The molecule has 0 bridgehead atoms. The third-order valence-electron chi connectivity index (χ3n) is 2.66. The number of aromatic nitrogens is 2. The first-order chi connectivity index (χ1) is 9.52. The van der Waals surface area contributed by atoms with Crippen LogP contribution < -0.4 is 16.0 Å². The molecular formula is C13H14BrFN4O. The summed E-state index contributed by atoms with van der Waals surface area (Å²) in [7, 11) is 0. The van der Waals surface area contributed by atoms with Crippen molar-refractivity contribution in [3.8, 4) is 11.6 Å². The second-order valence-corrected chi connectivity index (χ2v) is 5.33. The fraction of sp³-hybridized carbons (Fsp3) is 0.231. The number of hydrazine groups is 1. The molecule has 106 valence electrons. The number of hydrogen-bond donors (Lipinski definition) is 2. The van der Waals surface area contributed by atoms with Gasteiger partial charge in [0.25, 0.3) is 0 Å². The number of rotatable bonds is 4. The molecule has 0 amide bonds. The largest absolute Gasteiger partial charge is 0.435 e. The molecule has 0 aliphatic heterocycles. The first kappa shape index (κ1) is 14.7. The number of nitrogen functional groups attached to an aromatic ring is 1. The van der Waals surface area contributed by atoms with Crippen LogP contribution in [-0.2, 0) is 0 Å². The minimum absolute atomic E-state index is 0.0655. The zero-order valence-corrected chi connectivity index (χ0v) is 12.6. The average molecular weight is 341 g/mol. The Hall–Kier alpha value is -1.73. The van der Waals surface area contributed by atoms with E-state index in [1.807, 2.05) is 13.8 Å². The summed E-state index contributed by atoms with van der Waals surface area (Å²) < 4.78 is 20.0. The highest BCUT2D eigenvalue weighted by molar-refractivity contribution is 9.10. The molecule has 1 aromatic carbocycles. The van der Waals surface area contributed by atoms with Crippen LogP contribution in [0.15, 0.2) is 29.0 Å². The summed E-state index contributed by atoms with van der Waals surface area (Å²) in [6.45, 7) is 3.90. The minimum atomic E-state index is -0.477. The van der Waals surface area contributed by atoms with Crippen LogP contribution in [0.25, 0.3) is 0 Å². The molecule has 2 aromatic rings. The number of benzene rings is 1. The normalized spacial score (nSPS) is 10.7. The first-order valence-corrected chi connectivity index (χ1v) is 6.76. The molecule has 0 aliphatic rings. The molecule has 2 rings (SSSR count). The van der Waals surface area contributed by atoms with Crippen LogP contribution >= 0.6 is 15.9 Å². The Morgan fingerprint density at radius 3 is 2.70 bits per heavy atom. The minimum Gasteiger partial charge on any atom is -0.435 e. The number of nitrogens with one attached hydrogen (secondary N) is 1. The zero-order valence-electron chi connectivity index (χ0n) is 11.0. The van der Waals surface area contributed by atoms with Gasteiger partial charge in [-0.25, -0.2) is 20.2 Å². The Balaban J connectivity index is 2.43. The lowest BCUT2D eigenvalue weighted by molar-refractivity contribution is 0.419. The van der Waals surface area contributed by atoms with Gasteiger partial charge in [-0.05, 0) is 24.1 Å². The van der Waals surface area contributed by atoms with Crippen molar-refractivity contribution < 1.29 is 9.13 Å². The summed E-state index contributed by atoms with van der Waals surface area (Å²) >= 11 is 3.19. The van der Waals surface area contributed by atoms with Crippen molar-refractivity contribution >= 4 is 21.7 Å². The molecule has 5 nitrogen and oxygen atoms in total. The van der Waals surface area contributed by atoms with E-state index in [0.717, 1.165) is 0 Å². The maximum Gasteiger partial charge on any atom is 0.228 e. The third-order valence-corrected chi connectivity index (χ3v) is 3.16. The fourth-order valence-electron chi connectivity index (χ4n) is 1.76. The maximum absolute atomic E-state index is 13.8. The van der Waals surface area contributed by atoms with Gasteiger partial charge in [-0.15, -0.1) is 0 Å². The highest BCUT2D eigenvalue weighted by atomic mass is 79.9. The number of hydrogen-bond acceptors (Lipinski definition) is 5. The molecule has 7 heteroatoms. The van der Waals surface area contributed by atoms with Crippen molar-refractivity contribution in [2.24, 2.45) is 5.84 Å². The molecule has 0 saturated carbocycles. The van der Waals surface area contributed by atoms with Crippen LogP contribution in [0.1, 0.15) is 25.3 Å². The van der Waals surface area contributed by atoms with Crippen molar-refractivity contribution in [2.75, 3.05) is 5.43 Å². The quantitative estimate of drug-likeness (QED) is 0.657. The van der Waals surface area contributed by atoms with E-state index < -0.39 is 5.82 Å². The summed E-state index contributed by atoms with van der Waals surface area (Å²) in [5, 5.41) is 0. The first-order valence-electron chi connectivity index (χ1n) is 5.97. The van der Waals surface area contributed by atoms with Crippen LogP contribution in [0.2, 0.25) is 0 Å². The number of ether oxygens (including phenoxy) is 1. The molecule has 0 atom stereocenters. The van der Waals surface area contributed by atoms with E-state index in [1.54, 1.807) is 6.07 Å². The Labute approximate surface area is 124 Å². The number of nitrogens with two attached hydrogens (primary N) is 1. The molecule has 0 spiro atoms. The molecule has 0 radical (unpaired) electrons. The van der Waals surface area contributed by atoms with Gasteiger partial charge in [-0.3, -0.25) is 0 Å². The Morgan fingerprint density at radius 1 is 1.35 bits per heavy atom. The van der Waals surface area contributed by atoms with Crippen LogP contribution in [0.4, 0.5) is 10.2 Å². The highest BCUT2D eigenvalue weighted by Gasteiger charge is 2.17. The van der Waals surface area contributed by atoms with Crippen LogP contribution in [0, 0.1) is 5.82 Å². The molecule has 0 fully saturated rings. The van der Waals surface area contributed by atoms with Crippen LogP contribution in [0.5, 0.6) is 11.6 Å². The highest BCUT2D eigenvalue weighted by Crippen LogP contribution is 2.33. The summed E-state index contributed by atoms with van der Waals surface area (Å²) in [6.07, 6.45) is 1.31. The lowest BCUT2D eigenvalue weighted by Gasteiger charge is -2.15. The van der Waals surface area contributed by atoms with Gasteiger partial charge < -0.3 is 10.2 Å².